The van der Waals surface area contributed by atoms with Gasteiger partial charge >= 0.3 is 0 Å². The molecule has 2 atom stereocenters. The monoisotopic (exact) mass is 269 g/mol. The van der Waals surface area contributed by atoms with Crippen molar-refractivity contribution in [2.24, 2.45) is 0 Å². The number of carbonyl (C=O) groups excluding carboxylic acids is 1. The Morgan fingerprint density at radius 2 is 2.28 bits per heavy atom. The predicted octanol–water partition coefficient (Wildman–Crippen LogP) is 0.434. The molecule has 2 aliphatic heterocycles. The molecule has 2 N–H and O–H groups in total. The maximum Gasteiger partial charge on any atom is 0.221 e. The summed E-state index contributed by atoms with van der Waals surface area (Å²) in [5, 5.41) is 6.63. The maximum absolute atomic E-state index is 12.0. The minimum atomic E-state index is 0.234. The number of hydrogen-bond donors (Lipinski definition) is 2. The van der Waals surface area contributed by atoms with Gasteiger partial charge in [-0.3, -0.25) is 9.69 Å². The summed E-state index contributed by atoms with van der Waals surface area (Å²) in [4.78, 5) is 14.5. The molecule has 5 heteroatoms. The van der Waals surface area contributed by atoms with E-state index in [1.54, 1.807) is 0 Å². The van der Waals surface area contributed by atoms with E-state index in [0.29, 0.717) is 18.5 Å². The van der Waals surface area contributed by atoms with E-state index in [9.17, 15) is 4.79 Å². The summed E-state index contributed by atoms with van der Waals surface area (Å²) in [6.45, 7) is 3.29. The lowest BCUT2D eigenvalue weighted by Crippen LogP contribution is -2.44. The quantitative estimate of drug-likeness (QED) is 0.777. The van der Waals surface area contributed by atoms with Gasteiger partial charge in [-0.25, -0.2) is 0 Å². The highest BCUT2D eigenvalue weighted by molar-refractivity contribution is 7.99. The summed E-state index contributed by atoms with van der Waals surface area (Å²) in [5.74, 6) is 2.49. The van der Waals surface area contributed by atoms with Crippen molar-refractivity contribution in [2.75, 3.05) is 31.1 Å². The molecule has 0 radical (unpaired) electrons. The summed E-state index contributed by atoms with van der Waals surface area (Å²) in [6, 6.07) is 1.61. The number of nitrogens with zero attached hydrogens (tertiary/aromatic N) is 1. The largest absolute Gasteiger partial charge is 0.352 e. The first-order valence-corrected chi connectivity index (χ1v) is 8.31. The van der Waals surface area contributed by atoms with Gasteiger partial charge < -0.3 is 10.6 Å². The van der Waals surface area contributed by atoms with E-state index in [4.69, 9.17) is 0 Å². The molecule has 18 heavy (non-hydrogen) atoms. The first-order valence-electron chi connectivity index (χ1n) is 7.16. The van der Waals surface area contributed by atoms with Crippen molar-refractivity contribution in [1.82, 2.24) is 15.5 Å². The van der Waals surface area contributed by atoms with Crippen LogP contribution in [0.1, 0.15) is 25.7 Å². The third-order valence-corrected chi connectivity index (χ3v) is 5.21. The molecular formula is C13H23N3OS. The van der Waals surface area contributed by atoms with Crippen LogP contribution in [0.25, 0.3) is 0 Å². The van der Waals surface area contributed by atoms with Gasteiger partial charge in [-0.1, -0.05) is 0 Å². The zero-order valence-corrected chi connectivity index (χ0v) is 11.7. The molecule has 2 heterocycles. The summed E-state index contributed by atoms with van der Waals surface area (Å²) >= 11 is 1.95. The molecule has 102 valence electrons. The van der Waals surface area contributed by atoms with Gasteiger partial charge in [0.1, 0.15) is 0 Å². The van der Waals surface area contributed by atoms with Crippen molar-refractivity contribution < 1.29 is 4.79 Å². The smallest absolute Gasteiger partial charge is 0.221 e. The molecule has 0 aromatic heterocycles. The molecule has 1 saturated carbocycles. The van der Waals surface area contributed by atoms with Gasteiger partial charge in [0.2, 0.25) is 5.91 Å². The molecule has 3 fully saturated rings. The Morgan fingerprint density at radius 3 is 3.00 bits per heavy atom. The normalized spacial score (nSPS) is 33.6. The molecule has 0 aromatic carbocycles. The molecule has 0 bridgehead atoms. The van der Waals surface area contributed by atoms with Crippen LogP contribution in [0.5, 0.6) is 0 Å². The number of nitrogens with one attached hydrogen (secondary N) is 2. The van der Waals surface area contributed by atoms with Crippen LogP contribution in [0.3, 0.4) is 0 Å². The van der Waals surface area contributed by atoms with E-state index in [-0.39, 0.29) is 5.91 Å². The van der Waals surface area contributed by atoms with Crippen LogP contribution in [0.4, 0.5) is 0 Å². The summed E-state index contributed by atoms with van der Waals surface area (Å²) < 4.78 is 0. The van der Waals surface area contributed by atoms with E-state index < -0.39 is 0 Å². The van der Waals surface area contributed by atoms with E-state index >= 15 is 0 Å². The minimum absolute atomic E-state index is 0.234. The highest BCUT2D eigenvalue weighted by Gasteiger charge is 2.34. The SMILES string of the molecule is O=C(CC1CSCCN1)NC1CCN(C2CC2)C1. The minimum Gasteiger partial charge on any atom is -0.352 e. The van der Waals surface area contributed by atoms with Crippen LogP contribution >= 0.6 is 11.8 Å². The first kappa shape index (κ1) is 12.8. The Hall–Kier alpha value is -0.260. The molecule has 0 aromatic rings. The first-order chi connectivity index (χ1) is 8.81. The van der Waals surface area contributed by atoms with Crippen molar-refractivity contribution in [3.63, 3.8) is 0 Å². The number of amides is 1. The Morgan fingerprint density at radius 1 is 1.39 bits per heavy atom. The van der Waals surface area contributed by atoms with Crippen LogP contribution in [-0.2, 0) is 4.79 Å². The topological polar surface area (TPSA) is 44.4 Å². The van der Waals surface area contributed by atoms with Crippen LogP contribution < -0.4 is 10.6 Å². The Balaban J connectivity index is 1.38. The summed E-state index contributed by atoms with van der Waals surface area (Å²) in [6.07, 6.45) is 4.51. The van der Waals surface area contributed by atoms with Crippen LogP contribution in [-0.4, -0.2) is 60.1 Å². The molecule has 0 spiro atoms. The fourth-order valence-corrected chi connectivity index (χ4v) is 3.89. The van der Waals surface area contributed by atoms with Crippen molar-refractivity contribution in [3.05, 3.63) is 0 Å². The van der Waals surface area contributed by atoms with Crippen LogP contribution in [0.2, 0.25) is 0 Å². The lowest BCUT2D eigenvalue weighted by atomic mass is 10.2. The molecule has 3 aliphatic rings. The highest BCUT2D eigenvalue weighted by atomic mass is 32.2. The van der Waals surface area contributed by atoms with E-state index in [0.717, 1.165) is 31.3 Å². The third kappa shape index (κ3) is 3.39. The molecule has 2 unspecified atom stereocenters. The van der Waals surface area contributed by atoms with Gasteiger partial charge in [0.25, 0.3) is 0 Å². The van der Waals surface area contributed by atoms with Crippen molar-refractivity contribution in [2.45, 2.75) is 43.8 Å². The third-order valence-electron chi connectivity index (χ3n) is 4.08. The fraction of sp³-hybridized carbons (Fsp3) is 0.923. The number of carbonyl (C=O) groups is 1. The second-order valence-electron chi connectivity index (χ2n) is 5.71. The second-order valence-corrected chi connectivity index (χ2v) is 6.86. The molecule has 2 saturated heterocycles. The highest BCUT2D eigenvalue weighted by Crippen LogP contribution is 2.29. The van der Waals surface area contributed by atoms with Gasteiger partial charge in [0, 0.05) is 55.7 Å². The second kappa shape index (κ2) is 5.80. The number of hydrogen-bond acceptors (Lipinski definition) is 4. The van der Waals surface area contributed by atoms with Gasteiger partial charge in [0.05, 0.1) is 0 Å². The number of likely N-dealkylation sites (tertiary alicyclic amines) is 1. The Kier molecular flexibility index (Phi) is 4.11. The van der Waals surface area contributed by atoms with Crippen LogP contribution in [0, 0.1) is 0 Å². The zero-order valence-electron chi connectivity index (χ0n) is 10.9. The molecule has 1 aliphatic carbocycles. The average Bonchev–Trinajstić information content (AvgIpc) is 3.12. The molecule has 3 rings (SSSR count). The van der Waals surface area contributed by atoms with Crippen LogP contribution in [0.15, 0.2) is 0 Å². The summed E-state index contributed by atoms with van der Waals surface area (Å²) in [5.41, 5.74) is 0. The van der Waals surface area contributed by atoms with Gasteiger partial charge in [-0.2, -0.15) is 11.8 Å². The average molecular weight is 269 g/mol. The van der Waals surface area contributed by atoms with Crippen molar-refractivity contribution >= 4 is 17.7 Å². The van der Waals surface area contributed by atoms with Gasteiger partial charge in [0.15, 0.2) is 0 Å². The standard InChI is InChI=1S/C13H23N3OS/c17-13(7-11-9-18-6-4-14-11)15-10-3-5-16(8-10)12-1-2-12/h10-12,14H,1-9H2,(H,15,17). The molecule has 4 nitrogen and oxygen atoms in total. The lowest BCUT2D eigenvalue weighted by molar-refractivity contribution is -0.122. The van der Waals surface area contributed by atoms with E-state index in [1.165, 1.54) is 25.1 Å². The van der Waals surface area contributed by atoms with Crippen molar-refractivity contribution in [3.8, 4) is 0 Å². The molecule has 1 amide bonds. The van der Waals surface area contributed by atoms with Gasteiger partial charge in [-0.15, -0.1) is 0 Å². The predicted molar refractivity (Wildman–Crippen MR) is 74.9 cm³/mol. The van der Waals surface area contributed by atoms with Gasteiger partial charge in [-0.05, 0) is 19.3 Å². The Labute approximate surface area is 113 Å². The fourth-order valence-electron chi connectivity index (χ4n) is 2.94. The lowest BCUT2D eigenvalue weighted by Gasteiger charge is -2.23. The van der Waals surface area contributed by atoms with Crippen molar-refractivity contribution in [1.29, 1.82) is 0 Å². The Bertz CT molecular complexity index is 303. The maximum atomic E-state index is 12.0. The van der Waals surface area contributed by atoms with E-state index in [2.05, 4.69) is 15.5 Å². The molecular weight excluding hydrogens is 246 g/mol. The number of thioether (sulfide) groups is 1. The number of rotatable bonds is 4. The summed E-state index contributed by atoms with van der Waals surface area (Å²) in [7, 11) is 0. The van der Waals surface area contributed by atoms with E-state index in [1.807, 2.05) is 11.8 Å². The zero-order chi connectivity index (χ0) is 12.4.